The van der Waals surface area contributed by atoms with Crippen LogP contribution in [0.5, 0.6) is 0 Å². The van der Waals surface area contributed by atoms with Gasteiger partial charge in [0.05, 0.1) is 5.92 Å². The normalized spacial score (nSPS) is 26.8. The molecule has 3 heteroatoms. The van der Waals surface area contributed by atoms with E-state index in [0.29, 0.717) is 5.92 Å². The molecule has 1 amide bonds. The number of carbonyl (C=O) groups is 1. The van der Waals surface area contributed by atoms with Crippen LogP contribution in [0.3, 0.4) is 0 Å². The molecule has 3 rings (SSSR count). The summed E-state index contributed by atoms with van der Waals surface area (Å²) in [5, 5.41) is 3.35. The number of nitrogens with one attached hydrogen (secondary N) is 1. The van der Waals surface area contributed by atoms with E-state index < -0.39 is 0 Å². The van der Waals surface area contributed by atoms with Crippen molar-refractivity contribution in [3.05, 3.63) is 28.8 Å². The summed E-state index contributed by atoms with van der Waals surface area (Å²) < 4.78 is 0. The van der Waals surface area contributed by atoms with Crippen molar-refractivity contribution < 1.29 is 4.79 Å². The molecule has 2 aliphatic rings. The zero-order valence-electron chi connectivity index (χ0n) is 11.3. The molecule has 96 valence electrons. The fourth-order valence-corrected chi connectivity index (χ4v) is 3.55. The number of benzene rings is 1. The lowest BCUT2D eigenvalue weighted by molar-refractivity contribution is -0.123. The molecule has 0 spiro atoms. The van der Waals surface area contributed by atoms with Crippen molar-refractivity contribution >= 4 is 11.6 Å². The van der Waals surface area contributed by atoms with Gasteiger partial charge in [-0.05, 0) is 49.6 Å². The first kappa shape index (κ1) is 11.7. The molecule has 0 aromatic heterocycles. The lowest BCUT2D eigenvalue weighted by Crippen LogP contribution is -2.49. The molecule has 1 fully saturated rings. The molecule has 1 saturated heterocycles. The Bertz CT molecular complexity index is 509. The van der Waals surface area contributed by atoms with Gasteiger partial charge in [0.15, 0.2) is 0 Å². The number of fused-ring (bicyclic) bond motifs is 3. The van der Waals surface area contributed by atoms with Gasteiger partial charge in [-0.1, -0.05) is 6.07 Å². The number of hydrogen-bond donors (Lipinski definition) is 1. The lowest BCUT2D eigenvalue weighted by atomic mass is 9.75. The predicted molar refractivity (Wildman–Crippen MR) is 73.0 cm³/mol. The van der Waals surface area contributed by atoms with E-state index in [9.17, 15) is 4.79 Å². The first-order chi connectivity index (χ1) is 8.59. The second-order valence-corrected chi connectivity index (χ2v) is 5.62. The molecule has 2 atom stereocenters. The molecule has 2 heterocycles. The van der Waals surface area contributed by atoms with Crippen LogP contribution in [0.1, 0.15) is 29.0 Å². The van der Waals surface area contributed by atoms with Gasteiger partial charge in [0.1, 0.15) is 0 Å². The van der Waals surface area contributed by atoms with E-state index in [-0.39, 0.29) is 11.8 Å². The smallest absolute Gasteiger partial charge is 0.231 e. The summed E-state index contributed by atoms with van der Waals surface area (Å²) in [5.41, 5.74) is 5.09. The quantitative estimate of drug-likeness (QED) is 0.757. The second kappa shape index (κ2) is 4.09. The Morgan fingerprint density at radius 3 is 2.83 bits per heavy atom. The van der Waals surface area contributed by atoms with Crippen LogP contribution in [0.4, 0.5) is 5.69 Å². The van der Waals surface area contributed by atoms with Crippen LogP contribution in [-0.2, 0) is 4.79 Å². The Hall–Kier alpha value is -1.35. The highest BCUT2D eigenvalue weighted by molar-refractivity contribution is 5.99. The van der Waals surface area contributed by atoms with Crippen molar-refractivity contribution in [3.63, 3.8) is 0 Å². The fourth-order valence-electron chi connectivity index (χ4n) is 3.55. The van der Waals surface area contributed by atoms with Crippen LogP contribution in [0.2, 0.25) is 0 Å². The number of aryl methyl sites for hydroxylation is 2. The minimum atomic E-state index is 0.123. The largest absolute Gasteiger partial charge is 0.316 e. The molecule has 3 nitrogen and oxygen atoms in total. The van der Waals surface area contributed by atoms with Crippen LogP contribution in [-0.4, -0.2) is 26.0 Å². The Balaban J connectivity index is 2.18. The number of carbonyl (C=O) groups excluding carboxylic acids is 1. The molecule has 0 bridgehead atoms. The van der Waals surface area contributed by atoms with E-state index >= 15 is 0 Å². The van der Waals surface area contributed by atoms with Gasteiger partial charge in [0.2, 0.25) is 5.91 Å². The lowest BCUT2D eigenvalue weighted by Gasteiger charge is -2.41. The van der Waals surface area contributed by atoms with E-state index in [0.717, 1.165) is 25.2 Å². The Kier molecular flexibility index (Phi) is 2.67. The highest BCUT2D eigenvalue weighted by Gasteiger charge is 2.40. The van der Waals surface area contributed by atoms with E-state index in [1.807, 2.05) is 11.9 Å². The number of anilines is 1. The van der Waals surface area contributed by atoms with Gasteiger partial charge in [-0.25, -0.2) is 0 Å². The third-order valence-electron chi connectivity index (χ3n) is 4.37. The predicted octanol–water partition coefficient (Wildman–Crippen LogP) is 1.97. The number of rotatable bonds is 0. The average Bonchev–Trinajstić information content (AvgIpc) is 2.35. The highest BCUT2D eigenvalue weighted by Crippen LogP contribution is 2.43. The maximum atomic E-state index is 12.4. The van der Waals surface area contributed by atoms with E-state index in [1.54, 1.807) is 0 Å². The van der Waals surface area contributed by atoms with Crippen molar-refractivity contribution in [2.75, 3.05) is 25.0 Å². The summed E-state index contributed by atoms with van der Waals surface area (Å²) in [6.07, 6.45) is 1.07. The molecule has 0 aliphatic carbocycles. The van der Waals surface area contributed by atoms with Crippen molar-refractivity contribution in [2.24, 2.45) is 5.92 Å². The summed E-state index contributed by atoms with van der Waals surface area (Å²) in [6.45, 7) is 6.11. The Labute approximate surface area is 108 Å². The molecule has 1 N–H and O–H groups in total. The average molecular weight is 244 g/mol. The van der Waals surface area contributed by atoms with Crippen molar-refractivity contribution in [1.29, 1.82) is 0 Å². The van der Waals surface area contributed by atoms with Gasteiger partial charge in [-0.2, -0.15) is 0 Å². The third-order valence-corrected chi connectivity index (χ3v) is 4.37. The van der Waals surface area contributed by atoms with Crippen molar-refractivity contribution in [3.8, 4) is 0 Å². The van der Waals surface area contributed by atoms with Crippen LogP contribution in [0, 0.1) is 19.8 Å². The Morgan fingerprint density at radius 2 is 2.06 bits per heavy atom. The topological polar surface area (TPSA) is 32.3 Å². The van der Waals surface area contributed by atoms with E-state index in [2.05, 4.69) is 31.3 Å². The van der Waals surface area contributed by atoms with Crippen LogP contribution in [0.15, 0.2) is 12.1 Å². The first-order valence-corrected chi connectivity index (χ1v) is 6.69. The molecule has 2 unspecified atom stereocenters. The maximum absolute atomic E-state index is 12.4. The molecule has 2 aliphatic heterocycles. The molecule has 1 aromatic rings. The van der Waals surface area contributed by atoms with E-state index in [4.69, 9.17) is 0 Å². The molecule has 18 heavy (non-hydrogen) atoms. The zero-order valence-corrected chi connectivity index (χ0v) is 11.3. The van der Waals surface area contributed by atoms with Crippen LogP contribution >= 0.6 is 0 Å². The van der Waals surface area contributed by atoms with Crippen LogP contribution < -0.4 is 10.2 Å². The fraction of sp³-hybridized carbons (Fsp3) is 0.533. The summed E-state index contributed by atoms with van der Waals surface area (Å²) in [4.78, 5) is 14.3. The molecular weight excluding hydrogens is 224 g/mol. The summed E-state index contributed by atoms with van der Waals surface area (Å²) in [6, 6.07) is 4.39. The second-order valence-electron chi connectivity index (χ2n) is 5.62. The molecule has 0 radical (unpaired) electrons. The molecular formula is C15H20N2O. The van der Waals surface area contributed by atoms with Gasteiger partial charge in [-0.15, -0.1) is 0 Å². The number of piperidine rings is 1. The third kappa shape index (κ3) is 1.57. The van der Waals surface area contributed by atoms with Crippen molar-refractivity contribution in [1.82, 2.24) is 5.32 Å². The SMILES string of the molecule is Cc1cc(C)c2c(c1)N(C)C(=O)C1CNCCC21. The number of hydrogen-bond acceptors (Lipinski definition) is 2. The standard InChI is InChI=1S/C15H20N2O/c1-9-6-10(2)14-11-4-5-16-8-12(11)15(18)17(3)13(14)7-9/h6-7,11-12,16H,4-5,8H2,1-3H3. The maximum Gasteiger partial charge on any atom is 0.231 e. The van der Waals surface area contributed by atoms with Crippen LogP contribution in [0.25, 0.3) is 0 Å². The molecule has 1 aromatic carbocycles. The summed E-state index contributed by atoms with van der Waals surface area (Å²) in [7, 11) is 1.91. The van der Waals surface area contributed by atoms with Gasteiger partial charge in [0, 0.05) is 25.2 Å². The van der Waals surface area contributed by atoms with Gasteiger partial charge >= 0.3 is 0 Å². The summed E-state index contributed by atoms with van der Waals surface area (Å²) >= 11 is 0. The van der Waals surface area contributed by atoms with Gasteiger partial charge in [-0.3, -0.25) is 4.79 Å². The zero-order chi connectivity index (χ0) is 12.9. The first-order valence-electron chi connectivity index (χ1n) is 6.69. The number of nitrogens with zero attached hydrogens (tertiary/aromatic N) is 1. The Morgan fingerprint density at radius 1 is 1.28 bits per heavy atom. The minimum Gasteiger partial charge on any atom is -0.316 e. The minimum absolute atomic E-state index is 0.123. The summed E-state index contributed by atoms with van der Waals surface area (Å²) in [5.74, 6) is 0.799. The molecule has 0 saturated carbocycles. The van der Waals surface area contributed by atoms with E-state index in [1.165, 1.54) is 16.7 Å². The van der Waals surface area contributed by atoms with Crippen molar-refractivity contribution in [2.45, 2.75) is 26.2 Å². The van der Waals surface area contributed by atoms with Gasteiger partial charge in [0.25, 0.3) is 0 Å². The monoisotopic (exact) mass is 244 g/mol. The number of amides is 1. The van der Waals surface area contributed by atoms with Gasteiger partial charge < -0.3 is 10.2 Å². The highest BCUT2D eigenvalue weighted by atomic mass is 16.2.